The summed E-state index contributed by atoms with van der Waals surface area (Å²) in [6, 6.07) is 10.7. The molecule has 0 saturated carbocycles. The molecule has 2 amide bonds. The van der Waals surface area contributed by atoms with Crippen LogP contribution in [0.5, 0.6) is 11.5 Å². The van der Waals surface area contributed by atoms with Crippen LogP contribution in [0.3, 0.4) is 0 Å². The number of sulfonamides is 1. The maximum atomic E-state index is 13.8. The first-order valence-corrected chi connectivity index (χ1v) is 14.0. The summed E-state index contributed by atoms with van der Waals surface area (Å²) in [5, 5.41) is 3.46. The molecule has 0 saturated heterocycles. The molecule has 1 atom stereocenters. The van der Waals surface area contributed by atoms with Crippen LogP contribution in [-0.4, -0.2) is 63.7 Å². The quantitative estimate of drug-likeness (QED) is 0.453. The normalized spacial score (nSPS) is 12.4. The van der Waals surface area contributed by atoms with Crippen molar-refractivity contribution < 1.29 is 27.5 Å². The van der Waals surface area contributed by atoms with Gasteiger partial charge in [0.1, 0.15) is 24.1 Å². The second-order valence-electron chi connectivity index (χ2n) is 9.62. The number of carbonyl (C=O) groups excluding carboxylic acids is 2. The second-order valence-corrected chi connectivity index (χ2v) is 12.0. The largest absolute Gasteiger partial charge is 0.497 e. The van der Waals surface area contributed by atoms with Gasteiger partial charge in [-0.25, -0.2) is 8.42 Å². The van der Waals surface area contributed by atoms with Crippen molar-refractivity contribution in [3.05, 3.63) is 53.1 Å². The van der Waals surface area contributed by atoms with Gasteiger partial charge in [0.05, 0.1) is 26.2 Å². The number of rotatable bonds is 11. The Bertz CT molecular complexity index is 1200. The zero-order valence-electron chi connectivity index (χ0n) is 22.4. The summed E-state index contributed by atoms with van der Waals surface area (Å²) in [5.41, 5.74) is 0.403. The van der Waals surface area contributed by atoms with Crippen LogP contribution in [0.25, 0.3) is 0 Å². The Morgan fingerprint density at radius 2 is 1.68 bits per heavy atom. The average molecular weight is 554 g/mol. The maximum Gasteiger partial charge on any atom is 0.244 e. The van der Waals surface area contributed by atoms with E-state index >= 15 is 0 Å². The third kappa shape index (κ3) is 8.53. The molecule has 2 aromatic carbocycles. The van der Waals surface area contributed by atoms with Gasteiger partial charge >= 0.3 is 0 Å². The third-order valence-electron chi connectivity index (χ3n) is 5.49. The molecular weight excluding hydrogens is 518 g/mol. The van der Waals surface area contributed by atoms with Crippen LogP contribution in [0.1, 0.15) is 39.7 Å². The van der Waals surface area contributed by atoms with E-state index in [1.54, 1.807) is 37.3 Å². The molecule has 0 fully saturated rings. The molecule has 2 rings (SSSR count). The van der Waals surface area contributed by atoms with Crippen molar-refractivity contribution in [3.63, 3.8) is 0 Å². The van der Waals surface area contributed by atoms with Gasteiger partial charge in [-0.05, 0) is 57.0 Å². The fourth-order valence-electron chi connectivity index (χ4n) is 3.74. The van der Waals surface area contributed by atoms with E-state index in [-0.39, 0.29) is 23.9 Å². The van der Waals surface area contributed by atoms with Crippen LogP contribution < -0.4 is 19.1 Å². The van der Waals surface area contributed by atoms with Gasteiger partial charge in [0.25, 0.3) is 0 Å². The third-order valence-corrected chi connectivity index (χ3v) is 6.86. The first-order chi connectivity index (χ1) is 17.2. The van der Waals surface area contributed by atoms with E-state index in [9.17, 15) is 18.0 Å². The molecule has 1 N–H and O–H groups in total. The van der Waals surface area contributed by atoms with Gasteiger partial charge in [-0.2, -0.15) is 0 Å². The van der Waals surface area contributed by atoms with Crippen LogP contribution in [0, 0.1) is 0 Å². The van der Waals surface area contributed by atoms with Crippen molar-refractivity contribution in [2.45, 2.75) is 52.2 Å². The molecule has 0 aliphatic heterocycles. The predicted octanol–water partition coefficient (Wildman–Crippen LogP) is 3.85. The Labute approximate surface area is 224 Å². The summed E-state index contributed by atoms with van der Waals surface area (Å²) in [4.78, 5) is 28.4. The molecule has 0 radical (unpaired) electrons. The number of hydrogen-bond acceptors (Lipinski definition) is 6. The Balaban J connectivity index is 2.52. The molecular formula is C26H36ClN3O6S. The van der Waals surface area contributed by atoms with Crippen LogP contribution in [0.15, 0.2) is 42.5 Å². The topological polar surface area (TPSA) is 105 Å². The minimum Gasteiger partial charge on any atom is -0.497 e. The number of benzene rings is 2. The SMILES string of the molecule is CC[C@@H](C(=O)NC(C)(C)C)N(Cc1ccc(Cl)cc1)C(=O)CN(c1ccc(OC)cc1OC)S(C)(=O)=O. The van der Waals surface area contributed by atoms with E-state index < -0.39 is 34.1 Å². The highest BCUT2D eigenvalue weighted by atomic mass is 35.5. The summed E-state index contributed by atoms with van der Waals surface area (Å²) in [6.07, 6.45) is 1.34. The molecule has 0 spiro atoms. The van der Waals surface area contributed by atoms with Gasteiger partial charge in [0.2, 0.25) is 21.8 Å². The van der Waals surface area contributed by atoms with E-state index in [2.05, 4.69) is 5.32 Å². The summed E-state index contributed by atoms with van der Waals surface area (Å²) in [6.45, 7) is 6.91. The van der Waals surface area contributed by atoms with Crippen molar-refractivity contribution in [3.8, 4) is 11.5 Å². The molecule has 0 bridgehead atoms. The highest BCUT2D eigenvalue weighted by Crippen LogP contribution is 2.33. The first kappa shape index (κ1) is 30.2. The lowest BCUT2D eigenvalue weighted by atomic mass is 10.1. The number of anilines is 1. The van der Waals surface area contributed by atoms with Gasteiger partial charge < -0.3 is 19.7 Å². The van der Waals surface area contributed by atoms with Gasteiger partial charge in [0, 0.05) is 23.2 Å². The second kappa shape index (κ2) is 12.5. The smallest absolute Gasteiger partial charge is 0.244 e. The predicted molar refractivity (Wildman–Crippen MR) is 146 cm³/mol. The van der Waals surface area contributed by atoms with Crippen molar-refractivity contribution in [1.29, 1.82) is 0 Å². The lowest BCUT2D eigenvalue weighted by Gasteiger charge is -2.34. The number of methoxy groups -OCH3 is 2. The van der Waals surface area contributed by atoms with E-state index in [1.807, 2.05) is 20.8 Å². The summed E-state index contributed by atoms with van der Waals surface area (Å²) in [7, 11) is -1.03. The van der Waals surface area contributed by atoms with Gasteiger partial charge in [-0.1, -0.05) is 30.7 Å². The van der Waals surface area contributed by atoms with Gasteiger partial charge in [-0.15, -0.1) is 0 Å². The zero-order chi connectivity index (χ0) is 28.0. The average Bonchev–Trinajstić information content (AvgIpc) is 2.81. The van der Waals surface area contributed by atoms with E-state index in [4.69, 9.17) is 21.1 Å². The number of hydrogen-bond donors (Lipinski definition) is 1. The Morgan fingerprint density at radius 3 is 2.16 bits per heavy atom. The Kier molecular flexibility index (Phi) is 10.2. The molecule has 0 aliphatic rings. The lowest BCUT2D eigenvalue weighted by molar-refractivity contribution is -0.141. The highest BCUT2D eigenvalue weighted by molar-refractivity contribution is 7.92. The molecule has 11 heteroatoms. The summed E-state index contributed by atoms with van der Waals surface area (Å²) in [5.74, 6) is -0.187. The molecule has 0 heterocycles. The Hall–Kier alpha value is -2.98. The van der Waals surface area contributed by atoms with Crippen LogP contribution >= 0.6 is 11.6 Å². The number of amides is 2. The first-order valence-electron chi connectivity index (χ1n) is 11.8. The minimum atomic E-state index is -3.91. The number of halogens is 1. The molecule has 37 heavy (non-hydrogen) atoms. The lowest BCUT2D eigenvalue weighted by Crippen LogP contribution is -2.55. The maximum absolute atomic E-state index is 13.8. The van der Waals surface area contributed by atoms with Crippen molar-refractivity contribution >= 4 is 39.1 Å². The number of ether oxygens (including phenoxy) is 2. The zero-order valence-corrected chi connectivity index (χ0v) is 23.9. The number of carbonyl (C=O) groups is 2. The van der Waals surface area contributed by atoms with Crippen LogP contribution in [-0.2, 0) is 26.2 Å². The van der Waals surface area contributed by atoms with E-state index in [0.717, 1.165) is 16.1 Å². The summed E-state index contributed by atoms with van der Waals surface area (Å²) < 4.78 is 37.2. The van der Waals surface area contributed by atoms with E-state index in [1.165, 1.54) is 31.3 Å². The number of nitrogens with zero attached hydrogens (tertiary/aromatic N) is 2. The standard InChI is InChI=1S/C26H36ClN3O6S/c1-8-21(25(32)28-26(2,3)4)29(16-18-9-11-19(27)12-10-18)24(31)17-30(37(7,33)34)22-14-13-20(35-5)15-23(22)36-6/h9-15,21H,8,16-17H2,1-7H3,(H,28,32)/t21-/m0/s1. The monoisotopic (exact) mass is 553 g/mol. The molecule has 0 aliphatic carbocycles. The molecule has 2 aromatic rings. The number of nitrogens with one attached hydrogen (secondary N) is 1. The Morgan fingerprint density at radius 1 is 1.05 bits per heavy atom. The highest BCUT2D eigenvalue weighted by Gasteiger charge is 2.33. The molecule has 9 nitrogen and oxygen atoms in total. The van der Waals surface area contributed by atoms with Gasteiger partial charge in [-0.3, -0.25) is 13.9 Å². The fraction of sp³-hybridized carbons (Fsp3) is 0.462. The fourth-order valence-corrected chi connectivity index (χ4v) is 4.72. The minimum absolute atomic E-state index is 0.0867. The van der Waals surface area contributed by atoms with Crippen molar-refractivity contribution in [1.82, 2.24) is 10.2 Å². The molecule has 0 unspecified atom stereocenters. The van der Waals surface area contributed by atoms with Crippen molar-refractivity contribution in [2.75, 3.05) is 31.3 Å². The van der Waals surface area contributed by atoms with E-state index in [0.29, 0.717) is 17.2 Å². The molecule has 204 valence electrons. The van der Waals surface area contributed by atoms with Gasteiger partial charge in [0.15, 0.2) is 0 Å². The van der Waals surface area contributed by atoms with Crippen molar-refractivity contribution in [2.24, 2.45) is 0 Å². The van der Waals surface area contributed by atoms with Crippen LogP contribution in [0.2, 0.25) is 5.02 Å². The van der Waals surface area contributed by atoms with Crippen LogP contribution in [0.4, 0.5) is 5.69 Å². The summed E-state index contributed by atoms with van der Waals surface area (Å²) >= 11 is 6.02. The molecule has 0 aromatic heterocycles.